The summed E-state index contributed by atoms with van der Waals surface area (Å²) in [7, 11) is 0. The lowest BCUT2D eigenvalue weighted by atomic mass is 9.88. The van der Waals surface area contributed by atoms with Gasteiger partial charge in [-0.05, 0) is 85.8 Å². The van der Waals surface area contributed by atoms with Gasteiger partial charge in [0.2, 0.25) is 0 Å². The van der Waals surface area contributed by atoms with Crippen molar-refractivity contribution in [3.05, 3.63) is 93.8 Å². The highest BCUT2D eigenvalue weighted by atomic mass is 35.5. The number of hydrogen-bond donors (Lipinski definition) is 1. The van der Waals surface area contributed by atoms with Gasteiger partial charge in [0.15, 0.2) is 11.5 Å². The number of hydrogen-bond acceptors (Lipinski definition) is 5. The fraction of sp³-hybridized carbons (Fsp3) is 0.323. The van der Waals surface area contributed by atoms with E-state index in [1.165, 1.54) is 17.0 Å². The van der Waals surface area contributed by atoms with Crippen LogP contribution in [0, 0.1) is 6.92 Å². The van der Waals surface area contributed by atoms with Gasteiger partial charge in [0.25, 0.3) is 0 Å². The third-order valence-electron chi connectivity index (χ3n) is 7.65. The van der Waals surface area contributed by atoms with E-state index >= 15 is 0 Å². The number of rotatable bonds is 8. The second-order valence-electron chi connectivity index (χ2n) is 10.8. The Hall–Kier alpha value is -4.10. The topological polar surface area (TPSA) is 80.5 Å². The van der Waals surface area contributed by atoms with E-state index in [0.29, 0.717) is 53.1 Å². The van der Waals surface area contributed by atoms with E-state index in [1.807, 2.05) is 25.1 Å². The van der Waals surface area contributed by atoms with Crippen molar-refractivity contribution in [2.45, 2.75) is 44.6 Å². The molecule has 0 radical (unpaired) electrons. The Bertz CT molecular complexity index is 1700. The van der Waals surface area contributed by atoms with Crippen molar-refractivity contribution < 1.29 is 41.0 Å². The molecule has 14 heteroatoms. The summed E-state index contributed by atoms with van der Waals surface area (Å²) in [6.45, 7) is 1.92. The van der Waals surface area contributed by atoms with Crippen LogP contribution in [0.3, 0.4) is 0 Å². The minimum absolute atomic E-state index is 0.143. The summed E-state index contributed by atoms with van der Waals surface area (Å²) in [4.78, 5) is 17.2. The summed E-state index contributed by atoms with van der Waals surface area (Å²) in [6, 6.07) is 14.9. The molecule has 1 aliphatic rings. The summed E-state index contributed by atoms with van der Waals surface area (Å²) in [5, 5.41) is 13.2. The average Bonchev–Trinajstić information content (AvgIpc) is 3.44. The highest BCUT2D eigenvalue weighted by molar-refractivity contribution is 6.31. The molecule has 7 nitrogen and oxygen atoms in total. The summed E-state index contributed by atoms with van der Waals surface area (Å²) in [6.07, 6.45) is -7.34. The fourth-order valence-corrected chi connectivity index (χ4v) is 5.61. The molecule has 1 fully saturated rings. The molecule has 4 aromatic rings. The van der Waals surface area contributed by atoms with Crippen LogP contribution in [0.2, 0.25) is 5.02 Å². The number of aromatic carboxylic acids is 1. The smallest absolute Gasteiger partial charge is 0.434 e. The SMILES string of the molecule is Cc1cc(C2CCN(CC(F)(F)F)CC2)ccc1COc1ccc(Cl)cc1-c1cccc(-n2ncc(C(=O)O)c2C(F)(F)F)n1. The van der Waals surface area contributed by atoms with Gasteiger partial charge >= 0.3 is 18.3 Å². The zero-order valence-corrected chi connectivity index (χ0v) is 24.5. The van der Waals surface area contributed by atoms with E-state index in [2.05, 4.69) is 10.1 Å². The van der Waals surface area contributed by atoms with Gasteiger partial charge in [-0.1, -0.05) is 35.9 Å². The number of ether oxygens (including phenoxy) is 1. The van der Waals surface area contributed by atoms with Gasteiger partial charge in [-0.15, -0.1) is 0 Å². The molecule has 0 unspecified atom stereocenters. The Kier molecular flexibility index (Phi) is 9.13. The molecule has 1 aliphatic heterocycles. The van der Waals surface area contributed by atoms with Crippen molar-refractivity contribution in [1.82, 2.24) is 19.7 Å². The molecule has 2 aromatic carbocycles. The van der Waals surface area contributed by atoms with Crippen molar-refractivity contribution in [2.24, 2.45) is 0 Å². The van der Waals surface area contributed by atoms with Crippen LogP contribution in [0.1, 0.15) is 51.5 Å². The van der Waals surface area contributed by atoms with Crippen molar-refractivity contribution >= 4 is 17.6 Å². The van der Waals surface area contributed by atoms with Gasteiger partial charge in [-0.3, -0.25) is 4.90 Å². The number of likely N-dealkylation sites (tertiary alicyclic amines) is 1. The van der Waals surface area contributed by atoms with Crippen LogP contribution in [0.15, 0.2) is 60.8 Å². The largest absolute Gasteiger partial charge is 0.488 e. The van der Waals surface area contributed by atoms with E-state index < -0.39 is 36.1 Å². The Morgan fingerprint density at radius 1 is 1.04 bits per heavy atom. The molecular weight excluding hydrogens is 626 g/mol. The van der Waals surface area contributed by atoms with E-state index in [4.69, 9.17) is 16.3 Å². The second-order valence-corrected chi connectivity index (χ2v) is 11.2. The van der Waals surface area contributed by atoms with Gasteiger partial charge in [0.1, 0.15) is 17.9 Å². The summed E-state index contributed by atoms with van der Waals surface area (Å²) in [5.74, 6) is -1.52. The normalized spacial score (nSPS) is 14.9. The molecule has 0 atom stereocenters. The van der Waals surface area contributed by atoms with Crippen LogP contribution in [0.5, 0.6) is 5.75 Å². The molecule has 238 valence electrons. The lowest BCUT2D eigenvalue weighted by Crippen LogP contribution is -2.39. The fourth-order valence-electron chi connectivity index (χ4n) is 5.44. The number of nitrogens with zero attached hydrogens (tertiary/aromatic N) is 4. The summed E-state index contributed by atoms with van der Waals surface area (Å²) in [5.41, 5.74) is 0.997. The standard InChI is InChI=1S/C31H27ClF6N4O3/c1-18-13-20(19-9-11-41(12-10-19)17-30(33,34)35)5-6-21(18)16-45-26-8-7-22(32)14-23(26)25-3-2-4-27(40-25)42-28(31(36,37)38)24(15-39-42)29(43)44/h2-8,13-15,19H,9-12,16-17H2,1H3,(H,43,44). The number of pyridine rings is 1. The summed E-state index contributed by atoms with van der Waals surface area (Å²) >= 11 is 6.25. The number of carboxylic acid groups (broad SMARTS) is 1. The van der Waals surface area contributed by atoms with Crippen LogP contribution in [0.4, 0.5) is 26.3 Å². The molecule has 0 aliphatic carbocycles. The number of benzene rings is 2. The number of piperidine rings is 1. The maximum Gasteiger partial charge on any atom is 0.434 e. The van der Waals surface area contributed by atoms with Gasteiger partial charge in [-0.25, -0.2) is 14.5 Å². The molecule has 0 amide bonds. The Balaban J connectivity index is 1.35. The van der Waals surface area contributed by atoms with Crippen LogP contribution in [-0.2, 0) is 12.8 Å². The zero-order chi connectivity index (χ0) is 32.5. The van der Waals surface area contributed by atoms with Gasteiger partial charge < -0.3 is 9.84 Å². The third-order valence-corrected chi connectivity index (χ3v) is 7.88. The molecule has 2 aromatic heterocycles. The van der Waals surface area contributed by atoms with Crippen molar-refractivity contribution in [2.75, 3.05) is 19.6 Å². The Labute approximate surface area is 259 Å². The highest BCUT2D eigenvalue weighted by Gasteiger charge is 2.41. The van der Waals surface area contributed by atoms with E-state index in [1.54, 1.807) is 24.3 Å². The van der Waals surface area contributed by atoms with Gasteiger partial charge in [0, 0.05) is 10.6 Å². The lowest BCUT2D eigenvalue weighted by Gasteiger charge is -2.32. The van der Waals surface area contributed by atoms with Gasteiger partial charge in [0.05, 0.1) is 18.4 Å². The Morgan fingerprint density at radius 3 is 2.42 bits per heavy atom. The van der Waals surface area contributed by atoms with E-state index in [0.717, 1.165) is 16.7 Å². The molecule has 1 saturated heterocycles. The molecule has 1 N–H and O–H groups in total. The molecular formula is C31H27ClF6N4O3. The number of halogens is 7. The second kappa shape index (κ2) is 12.7. The monoisotopic (exact) mass is 652 g/mol. The van der Waals surface area contributed by atoms with Gasteiger partial charge in [-0.2, -0.15) is 31.4 Å². The number of alkyl halides is 6. The molecule has 3 heterocycles. The highest BCUT2D eigenvalue weighted by Crippen LogP contribution is 2.36. The molecule has 5 rings (SSSR count). The Morgan fingerprint density at radius 2 is 1.78 bits per heavy atom. The number of carboxylic acids is 1. The van der Waals surface area contributed by atoms with Crippen LogP contribution in [0.25, 0.3) is 17.1 Å². The number of carbonyl (C=O) groups is 1. The first-order chi connectivity index (χ1) is 21.2. The molecule has 0 bridgehead atoms. The maximum atomic E-state index is 13.8. The molecule has 0 spiro atoms. The van der Waals surface area contributed by atoms with Crippen LogP contribution in [-0.4, -0.2) is 56.6 Å². The summed E-state index contributed by atoms with van der Waals surface area (Å²) < 4.78 is 86.2. The maximum absolute atomic E-state index is 13.8. The molecule has 45 heavy (non-hydrogen) atoms. The number of aromatic nitrogens is 3. The van der Waals surface area contributed by atoms with Crippen LogP contribution < -0.4 is 4.74 Å². The van der Waals surface area contributed by atoms with Crippen molar-refractivity contribution in [3.8, 4) is 22.8 Å². The predicted molar refractivity (Wildman–Crippen MR) is 154 cm³/mol. The minimum atomic E-state index is -5.01. The first-order valence-electron chi connectivity index (χ1n) is 13.9. The third kappa shape index (κ3) is 7.59. The minimum Gasteiger partial charge on any atom is -0.488 e. The average molecular weight is 653 g/mol. The zero-order valence-electron chi connectivity index (χ0n) is 23.8. The number of aryl methyl sites for hydroxylation is 1. The molecule has 0 saturated carbocycles. The quantitative estimate of drug-likeness (QED) is 0.195. The van der Waals surface area contributed by atoms with Crippen molar-refractivity contribution in [3.63, 3.8) is 0 Å². The first kappa shape index (κ1) is 32.3. The first-order valence-corrected chi connectivity index (χ1v) is 14.2. The van der Waals surface area contributed by atoms with Crippen LogP contribution >= 0.6 is 11.6 Å². The van der Waals surface area contributed by atoms with Crippen molar-refractivity contribution in [1.29, 1.82) is 0 Å². The van der Waals surface area contributed by atoms with E-state index in [9.17, 15) is 36.2 Å². The predicted octanol–water partition coefficient (Wildman–Crippen LogP) is 7.93. The lowest BCUT2D eigenvalue weighted by molar-refractivity contribution is -0.148. The van der Waals surface area contributed by atoms with E-state index in [-0.39, 0.29) is 24.0 Å².